The van der Waals surface area contributed by atoms with Crippen LogP contribution in [0.25, 0.3) is 0 Å². The van der Waals surface area contributed by atoms with Gasteiger partial charge in [-0.15, -0.1) is 0 Å². The number of anilines is 1. The molecule has 0 fully saturated rings. The van der Waals surface area contributed by atoms with Crippen LogP contribution in [0.15, 0.2) is 27.7 Å². The van der Waals surface area contributed by atoms with E-state index in [0.29, 0.717) is 5.25 Å². The Labute approximate surface area is 109 Å². The summed E-state index contributed by atoms with van der Waals surface area (Å²) in [6, 6.07) is 6.29. The van der Waals surface area contributed by atoms with E-state index in [1.807, 2.05) is 11.8 Å². The number of nitrogens with zero attached hydrogens (tertiary/aromatic N) is 1. The third-order valence-corrected chi connectivity index (χ3v) is 4.50. The Balaban J connectivity index is 2.07. The summed E-state index contributed by atoms with van der Waals surface area (Å²) in [4.78, 5) is 4.50. The highest BCUT2D eigenvalue weighted by molar-refractivity contribution is 9.10. The molecule has 2 nitrogen and oxygen atoms in total. The van der Waals surface area contributed by atoms with Gasteiger partial charge in [0.1, 0.15) is 0 Å². The van der Waals surface area contributed by atoms with Gasteiger partial charge in [0.15, 0.2) is 5.17 Å². The summed E-state index contributed by atoms with van der Waals surface area (Å²) in [6.45, 7) is 5.24. The standard InChI is InChI=1S/C12H15BrN2S/c1-3-9-7-14-12(16-9)15-11-6-8(2)4-5-10(11)13/h4-6,9H,3,7H2,1-2H3,(H,14,15). The SMILES string of the molecule is CCC1CN=C(Nc2cc(C)ccc2Br)S1. The fourth-order valence-electron chi connectivity index (χ4n) is 1.55. The predicted molar refractivity (Wildman–Crippen MR) is 76.5 cm³/mol. The van der Waals surface area contributed by atoms with Crippen LogP contribution in [0.5, 0.6) is 0 Å². The van der Waals surface area contributed by atoms with Crippen molar-refractivity contribution >= 4 is 38.5 Å². The summed E-state index contributed by atoms with van der Waals surface area (Å²) in [6.07, 6.45) is 1.17. The molecule has 16 heavy (non-hydrogen) atoms. The van der Waals surface area contributed by atoms with Crippen LogP contribution in [0.4, 0.5) is 5.69 Å². The maximum atomic E-state index is 4.50. The highest BCUT2D eigenvalue weighted by Crippen LogP contribution is 2.28. The molecular formula is C12H15BrN2S. The van der Waals surface area contributed by atoms with E-state index < -0.39 is 0 Å². The second-order valence-electron chi connectivity index (χ2n) is 3.90. The summed E-state index contributed by atoms with van der Waals surface area (Å²) in [5.41, 5.74) is 2.35. The van der Waals surface area contributed by atoms with Crippen molar-refractivity contribution in [2.24, 2.45) is 4.99 Å². The molecule has 0 amide bonds. The van der Waals surface area contributed by atoms with Crippen molar-refractivity contribution in [3.8, 4) is 0 Å². The van der Waals surface area contributed by atoms with Crippen LogP contribution in [0, 0.1) is 6.92 Å². The Bertz CT molecular complexity index is 417. The molecular weight excluding hydrogens is 284 g/mol. The number of aliphatic imine (C=N–C) groups is 1. The Morgan fingerprint density at radius 3 is 3.06 bits per heavy atom. The first-order valence-corrected chi connectivity index (χ1v) is 7.10. The largest absolute Gasteiger partial charge is 0.334 e. The molecule has 1 N–H and O–H groups in total. The van der Waals surface area contributed by atoms with Gasteiger partial charge < -0.3 is 5.32 Å². The van der Waals surface area contributed by atoms with Gasteiger partial charge in [-0.05, 0) is 47.0 Å². The van der Waals surface area contributed by atoms with Crippen molar-refractivity contribution in [2.45, 2.75) is 25.5 Å². The van der Waals surface area contributed by atoms with Crippen LogP contribution in [0.1, 0.15) is 18.9 Å². The second kappa shape index (κ2) is 5.23. The first-order chi connectivity index (χ1) is 7.69. The first-order valence-electron chi connectivity index (χ1n) is 5.43. The van der Waals surface area contributed by atoms with E-state index in [-0.39, 0.29) is 0 Å². The van der Waals surface area contributed by atoms with Gasteiger partial charge in [-0.25, -0.2) is 0 Å². The van der Waals surface area contributed by atoms with Crippen molar-refractivity contribution in [3.63, 3.8) is 0 Å². The minimum atomic E-state index is 0.645. The first kappa shape index (κ1) is 12.0. The molecule has 1 atom stereocenters. The average Bonchev–Trinajstić information content (AvgIpc) is 2.71. The third-order valence-electron chi connectivity index (χ3n) is 2.54. The number of hydrogen-bond acceptors (Lipinski definition) is 3. The highest BCUT2D eigenvalue weighted by atomic mass is 79.9. The lowest BCUT2D eigenvalue weighted by Crippen LogP contribution is -2.07. The second-order valence-corrected chi connectivity index (χ2v) is 6.05. The smallest absolute Gasteiger partial charge is 0.161 e. The Hall–Kier alpha value is -0.480. The van der Waals surface area contributed by atoms with Gasteiger partial charge in [-0.2, -0.15) is 0 Å². The van der Waals surface area contributed by atoms with E-state index in [9.17, 15) is 0 Å². The maximum Gasteiger partial charge on any atom is 0.161 e. The molecule has 4 heteroatoms. The summed E-state index contributed by atoms with van der Waals surface area (Å²) in [5, 5.41) is 5.06. The van der Waals surface area contributed by atoms with Gasteiger partial charge in [0.25, 0.3) is 0 Å². The predicted octanol–water partition coefficient (Wildman–Crippen LogP) is 4.05. The molecule has 0 radical (unpaired) electrons. The fourth-order valence-corrected chi connectivity index (χ4v) is 2.84. The van der Waals surface area contributed by atoms with Crippen LogP contribution in [-0.4, -0.2) is 17.0 Å². The summed E-state index contributed by atoms with van der Waals surface area (Å²) in [5.74, 6) is 0. The average molecular weight is 299 g/mol. The molecule has 2 rings (SSSR count). The van der Waals surface area contributed by atoms with Crippen LogP contribution in [-0.2, 0) is 0 Å². The normalized spacial score (nSPS) is 19.7. The van der Waals surface area contributed by atoms with Gasteiger partial charge in [0, 0.05) is 9.72 Å². The summed E-state index contributed by atoms with van der Waals surface area (Å²) in [7, 11) is 0. The van der Waals surface area contributed by atoms with E-state index in [2.05, 4.69) is 58.3 Å². The van der Waals surface area contributed by atoms with Gasteiger partial charge in [0.05, 0.1) is 12.2 Å². The molecule has 0 saturated carbocycles. The summed E-state index contributed by atoms with van der Waals surface area (Å²) >= 11 is 5.38. The van der Waals surface area contributed by atoms with Crippen molar-refractivity contribution in [3.05, 3.63) is 28.2 Å². The van der Waals surface area contributed by atoms with Gasteiger partial charge in [-0.1, -0.05) is 24.8 Å². The van der Waals surface area contributed by atoms with E-state index >= 15 is 0 Å². The maximum absolute atomic E-state index is 4.50. The van der Waals surface area contributed by atoms with E-state index in [1.54, 1.807) is 0 Å². The molecule has 1 unspecified atom stereocenters. The third kappa shape index (κ3) is 2.80. The van der Waals surface area contributed by atoms with Crippen molar-refractivity contribution < 1.29 is 0 Å². The highest BCUT2D eigenvalue weighted by Gasteiger charge is 2.18. The Morgan fingerprint density at radius 1 is 1.56 bits per heavy atom. The van der Waals surface area contributed by atoms with Crippen LogP contribution in [0.2, 0.25) is 0 Å². The Kier molecular flexibility index (Phi) is 3.92. The quantitative estimate of drug-likeness (QED) is 0.891. The number of halogens is 1. The lowest BCUT2D eigenvalue weighted by atomic mass is 10.2. The van der Waals surface area contributed by atoms with E-state index in [4.69, 9.17) is 0 Å². The molecule has 0 spiro atoms. The number of rotatable bonds is 2. The molecule has 1 aromatic rings. The molecule has 1 aliphatic heterocycles. The molecule has 1 heterocycles. The molecule has 1 aromatic carbocycles. The van der Waals surface area contributed by atoms with Crippen molar-refractivity contribution in [2.75, 3.05) is 11.9 Å². The van der Waals surface area contributed by atoms with E-state index in [1.165, 1.54) is 12.0 Å². The number of hydrogen-bond donors (Lipinski definition) is 1. The zero-order valence-electron chi connectivity index (χ0n) is 9.46. The minimum Gasteiger partial charge on any atom is -0.334 e. The number of benzene rings is 1. The lowest BCUT2D eigenvalue weighted by Gasteiger charge is -2.09. The number of amidine groups is 1. The van der Waals surface area contributed by atoms with Crippen molar-refractivity contribution in [1.82, 2.24) is 0 Å². The molecule has 1 aliphatic rings. The number of nitrogens with one attached hydrogen (secondary N) is 1. The van der Waals surface area contributed by atoms with Gasteiger partial charge in [0.2, 0.25) is 0 Å². The molecule has 86 valence electrons. The number of thioether (sulfide) groups is 1. The zero-order chi connectivity index (χ0) is 11.5. The Morgan fingerprint density at radius 2 is 2.38 bits per heavy atom. The number of aryl methyl sites for hydroxylation is 1. The topological polar surface area (TPSA) is 24.4 Å². The van der Waals surface area contributed by atoms with Gasteiger partial charge in [-0.3, -0.25) is 4.99 Å². The van der Waals surface area contributed by atoms with Gasteiger partial charge >= 0.3 is 0 Å². The molecule has 0 aromatic heterocycles. The zero-order valence-corrected chi connectivity index (χ0v) is 11.9. The van der Waals surface area contributed by atoms with Crippen LogP contribution in [0.3, 0.4) is 0 Å². The van der Waals surface area contributed by atoms with E-state index in [0.717, 1.165) is 21.9 Å². The van der Waals surface area contributed by atoms with Crippen LogP contribution < -0.4 is 5.32 Å². The molecule has 0 aliphatic carbocycles. The fraction of sp³-hybridized carbons (Fsp3) is 0.417. The lowest BCUT2D eigenvalue weighted by molar-refractivity contribution is 0.843. The van der Waals surface area contributed by atoms with Crippen LogP contribution >= 0.6 is 27.7 Å². The molecule has 0 bridgehead atoms. The minimum absolute atomic E-state index is 0.645. The molecule has 0 saturated heterocycles. The monoisotopic (exact) mass is 298 g/mol. The summed E-state index contributed by atoms with van der Waals surface area (Å²) < 4.78 is 1.08. The van der Waals surface area contributed by atoms with Crippen molar-refractivity contribution in [1.29, 1.82) is 0 Å².